The van der Waals surface area contributed by atoms with E-state index < -0.39 is 0 Å². The first-order valence-electron chi connectivity index (χ1n) is 7.51. The van der Waals surface area contributed by atoms with Gasteiger partial charge in [-0.3, -0.25) is 4.79 Å². The zero-order valence-corrected chi connectivity index (χ0v) is 13.6. The molecule has 3 aromatic rings. The molecule has 120 valence electrons. The van der Waals surface area contributed by atoms with E-state index >= 15 is 0 Å². The molecule has 0 atom stereocenters. The smallest absolute Gasteiger partial charge is 0.259 e. The first-order chi connectivity index (χ1) is 11.7. The molecule has 0 aliphatic heterocycles. The van der Waals surface area contributed by atoms with Crippen molar-refractivity contribution in [3.05, 3.63) is 77.3 Å². The largest absolute Gasteiger partial charge is 0.376 e. The summed E-state index contributed by atoms with van der Waals surface area (Å²) in [6, 6.07) is 21.2. The summed E-state index contributed by atoms with van der Waals surface area (Å²) in [6.45, 7) is 0.145. The van der Waals surface area contributed by atoms with Gasteiger partial charge in [0.25, 0.3) is 5.91 Å². The highest BCUT2D eigenvalue weighted by molar-refractivity contribution is 6.30. The number of carbonyl (C=O) groups is 1. The molecular weight excluding hydrogens is 322 g/mol. The van der Waals surface area contributed by atoms with Crippen molar-refractivity contribution >= 4 is 40.2 Å². The zero-order chi connectivity index (χ0) is 16.8. The van der Waals surface area contributed by atoms with E-state index in [0.717, 1.165) is 22.0 Å². The van der Waals surface area contributed by atoms with Gasteiger partial charge in [0.1, 0.15) is 0 Å². The fourth-order valence-corrected chi connectivity index (χ4v) is 2.45. The molecule has 3 rings (SSSR count). The van der Waals surface area contributed by atoms with Crippen LogP contribution in [0, 0.1) is 0 Å². The lowest BCUT2D eigenvalue weighted by Crippen LogP contribution is -2.25. The molecular formula is C19H16ClN3O. The van der Waals surface area contributed by atoms with Gasteiger partial charge in [-0.05, 0) is 29.1 Å². The summed E-state index contributed by atoms with van der Waals surface area (Å²) in [5.41, 5.74) is 4.28. The molecule has 1 amide bonds. The number of anilines is 1. The molecule has 0 aromatic heterocycles. The molecule has 0 radical (unpaired) electrons. The van der Waals surface area contributed by atoms with Gasteiger partial charge in [-0.15, -0.1) is 0 Å². The second kappa shape index (κ2) is 7.62. The Balaban J connectivity index is 1.56. The van der Waals surface area contributed by atoms with E-state index in [4.69, 9.17) is 11.6 Å². The van der Waals surface area contributed by atoms with Crippen LogP contribution in [0.3, 0.4) is 0 Å². The summed E-state index contributed by atoms with van der Waals surface area (Å²) in [7, 11) is 0. The Morgan fingerprint density at radius 2 is 1.75 bits per heavy atom. The number of hydrogen-bond donors (Lipinski definition) is 2. The van der Waals surface area contributed by atoms with Crippen molar-refractivity contribution in [1.82, 2.24) is 5.43 Å². The van der Waals surface area contributed by atoms with E-state index in [1.165, 1.54) is 0 Å². The van der Waals surface area contributed by atoms with Crippen molar-refractivity contribution in [2.75, 3.05) is 11.9 Å². The van der Waals surface area contributed by atoms with E-state index in [2.05, 4.69) is 15.8 Å². The minimum Gasteiger partial charge on any atom is -0.376 e. The molecule has 0 spiro atoms. The average Bonchev–Trinajstić information content (AvgIpc) is 2.61. The summed E-state index contributed by atoms with van der Waals surface area (Å²) in [4.78, 5) is 11.9. The Bertz CT molecular complexity index is 870. The molecule has 4 nitrogen and oxygen atoms in total. The van der Waals surface area contributed by atoms with Crippen molar-refractivity contribution in [1.29, 1.82) is 0 Å². The lowest BCUT2D eigenvalue weighted by atomic mass is 10.1. The van der Waals surface area contributed by atoms with Crippen molar-refractivity contribution in [2.24, 2.45) is 5.10 Å². The predicted octanol–water partition coefficient (Wildman–Crippen LogP) is 4.06. The van der Waals surface area contributed by atoms with E-state index in [9.17, 15) is 4.79 Å². The molecule has 0 heterocycles. The number of halogens is 1. The lowest BCUT2D eigenvalue weighted by Gasteiger charge is -2.08. The molecule has 0 bridgehead atoms. The molecule has 0 saturated carbocycles. The van der Waals surface area contributed by atoms with Crippen LogP contribution in [0.5, 0.6) is 0 Å². The fourth-order valence-electron chi connectivity index (χ4n) is 2.32. The summed E-state index contributed by atoms with van der Waals surface area (Å²) < 4.78 is 0. The number of rotatable bonds is 5. The van der Waals surface area contributed by atoms with Gasteiger partial charge in [0.05, 0.1) is 12.8 Å². The number of fused-ring (bicyclic) bond motifs is 1. The van der Waals surface area contributed by atoms with Crippen molar-refractivity contribution in [2.45, 2.75) is 0 Å². The van der Waals surface area contributed by atoms with Crippen LogP contribution in [-0.2, 0) is 4.79 Å². The summed E-state index contributed by atoms with van der Waals surface area (Å²) in [6.07, 6.45) is 1.58. The van der Waals surface area contributed by atoms with Gasteiger partial charge in [0, 0.05) is 16.1 Å². The van der Waals surface area contributed by atoms with E-state index in [0.29, 0.717) is 5.02 Å². The molecule has 3 aromatic carbocycles. The van der Waals surface area contributed by atoms with Crippen LogP contribution in [0.25, 0.3) is 10.8 Å². The first kappa shape index (κ1) is 16.0. The highest BCUT2D eigenvalue weighted by atomic mass is 35.5. The Kier molecular flexibility index (Phi) is 5.08. The number of carbonyl (C=O) groups excluding carboxylic acids is 1. The number of nitrogens with one attached hydrogen (secondary N) is 2. The van der Waals surface area contributed by atoms with Crippen LogP contribution in [-0.4, -0.2) is 18.7 Å². The highest BCUT2D eigenvalue weighted by Crippen LogP contribution is 2.22. The minimum absolute atomic E-state index is 0.145. The third-order valence-corrected chi connectivity index (χ3v) is 3.75. The number of benzene rings is 3. The van der Waals surface area contributed by atoms with Crippen molar-refractivity contribution < 1.29 is 4.79 Å². The van der Waals surface area contributed by atoms with Gasteiger partial charge in [0.2, 0.25) is 0 Å². The van der Waals surface area contributed by atoms with Gasteiger partial charge >= 0.3 is 0 Å². The SMILES string of the molecule is O=C(CNc1cccc2ccccc12)N/N=C/c1ccc(Cl)cc1. The maximum absolute atomic E-state index is 11.9. The normalized spacial score (nSPS) is 10.9. The monoisotopic (exact) mass is 337 g/mol. The van der Waals surface area contributed by atoms with Crippen molar-refractivity contribution in [3.8, 4) is 0 Å². The summed E-state index contributed by atoms with van der Waals surface area (Å²) in [5.74, 6) is -0.215. The van der Waals surface area contributed by atoms with Crippen LogP contribution >= 0.6 is 11.6 Å². The summed E-state index contributed by atoms with van der Waals surface area (Å²) in [5, 5.41) is 9.95. The minimum atomic E-state index is -0.215. The quantitative estimate of drug-likeness (QED) is 0.545. The summed E-state index contributed by atoms with van der Waals surface area (Å²) >= 11 is 5.81. The van der Waals surface area contributed by atoms with Crippen LogP contribution in [0.1, 0.15) is 5.56 Å². The van der Waals surface area contributed by atoms with Crippen LogP contribution in [0.4, 0.5) is 5.69 Å². The topological polar surface area (TPSA) is 53.5 Å². The van der Waals surface area contributed by atoms with Gasteiger partial charge in [-0.2, -0.15) is 5.10 Å². The molecule has 24 heavy (non-hydrogen) atoms. The van der Waals surface area contributed by atoms with Gasteiger partial charge < -0.3 is 5.32 Å². The Hall–Kier alpha value is -2.85. The number of hydrogen-bond acceptors (Lipinski definition) is 3. The Morgan fingerprint density at radius 1 is 1.00 bits per heavy atom. The molecule has 5 heteroatoms. The molecule has 0 aliphatic carbocycles. The molecule has 0 saturated heterocycles. The first-order valence-corrected chi connectivity index (χ1v) is 7.89. The highest BCUT2D eigenvalue weighted by Gasteiger charge is 2.02. The second-order valence-corrected chi connectivity index (χ2v) is 5.66. The number of hydrazone groups is 1. The molecule has 0 unspecified atom stereocenters. The van der Waals surface area contributed by atoms with E-state index in [-0.39, 0.29) is 12.5 Å². The fraction of sp³-hybridized carbons (Fsp3) is 0.0526. The Labute approximate surface area is 145 Å². The van der Waals surface area contributed by atoms with Gasteiger partial charge in [0.15, 0.2) is 0 Å². The third-order valence-electron chi connectivity index (χ3n) is 3.50. The van der Waals surface area contributed by atoms with E-state index in [1.807, 2.05) is 54.6 Å². The maximum atomic E-state index is 11.9. The standard InChI is InChI=1S/C19H16ClN3O/c20-16-10-8-14(9-11-16)12-22-23-19(24)13-21-18-7-3-5-15-4-1-2-6-17(15)18/h1-12,21H,13H2,(H,23,24)/b22-12+. The Morgan fingerprint density at radius 3 is 2.58 bits per heavy atom. The van der Waals surface area contributed by atoms with Crippen LogP contribution < -0.4 is 10.7 Å². The molecule has 2 N–H and O–H groups in total. The van der Waals surface area contributed by atoms with Crippen LogP contribution in [0.15, 0.2) is 71.8 Å². The number of nitrogens with zero attached hydrogens (tertiary/aromatic N) is 1. The van der Waals surface area contributed by atoms with Crippen molar-refractivity contribution in [3.63, 3.8) is 0 Å². The predicted molar refractivity (Wildman–Crippen MR) is 99.6 cm³/mol. The third kappa shape index (κ3) is 4.12. The molecule has 0 aliphatic rings. The average molecular weight is 338 g/mol. The molecule has 0 fully saturated rings. The second-order valence-electron chi connectivity index (χ2n) is 5.22. The van der Waals surface area contributed by atoms with E-state index in [1.54, 1.807) is 18.3 Å². The number of amides is 1. The zero-order valence-electron chi connectivity index (χ0n) is 12.9. The maximum Gasteiger partial charge on any atom is 0.259 e. The van der Waals surface area contributed by atoms with Gasteiger partial charge in [-0.1, -0.05) is 60.1 Å². The van der Waals surface area contributed by atoms with Gasteiger partial charge in [-0.25, -0.2) is 5.43 Å². The van der Waals surface area contributed by atoms with Crippen LogP contribution in [0.2, 0.25) is 5.02 Å². The lowest BCUT2D eigenvalue weighted by molar-refractivity contribution is -0.119.